The third kappa shape index (κ3) is 5.59. The highest BCUT2D eigenvalue weighted by Crippen LogP contribution is 2.48. The molecule has 0 amide bonds. The molecule has 1 nitrogen and oxygen atoms in total. The standard InChI is InChI=1S/C17H37NSi/c1-8-18-13-17(14-19(5,6)7)11-9-15(10-12-17)16(2,3)4/h15,18H,8-14H2,1-7H3. The SMILES string of the molecule is CCNCC1(C[Si](C)(C)C)CCC(C(C)(C)C)CC1. The highest BCUT2D eigenvalue weighted by atomic mass is 28.3. The minimum Gasteiger partial charge on any atom is -0.316 e. The van der Waals surface area contributed by atoms with Crippen molar-refractivity contribution in [1.29, 1.82) is 0 Å². The van der Waals surface area contributed by atoms with Crippen LogP contribution in [0.3, 0.4) is 0 Å². The van der Waals surface area contributed by atoms with Gasteiger partial charge in [0.05, 0.1) is 0 Å². The number of hydrogen-bond donors (Lipinski definition) is 1. The van der Waals surface area contributed by atoms with Gasteiger partial charge in [-0.2, -0.15) is 0 Å². The Hall–Kier alpha value is 0.177. The van der Waals surface area contributed by atoms with E-state index in [1.54, 1.807) is 0 Å². The summed E-state index contributed by atoms with van der Waals surface area (Å²) in [5, 5.41) is 3.66. The molecule has 1 N–H and O–H groups in total. The van der Waals surface area contributed by atoms with Crippen molar-refractivity contribution in [2.75, 3.05) is 13.1 Å². The summed E-state index contributed by atoms with van der Waals surface area (Å²) in [6.45, 7) is 19.5. The van der Waals surface area contributed by atoms with Crippen LogP contribution in [0.4, 0.5) is 0 Å². The molecular formula is C17H37NSi. The molecule has 0 spiro atoms. The molecule has 0 aromatic rings. The summed E-state index contributed by atoms with van der Waals surface area (Å²) in [6, 6.07) is 1.50. The van der Waals surface area contributed by atoms with Gasteiger partial charge in [0.2, 0.25) is 0 Å². The lowest BCUT2D eigenvalue weighted by Gasteiger charge is -2.46. The molecule has 0 unspecified atom stereocenters. The molecule has 0 aromatic carbocycles. The van der Waals surface area contributed by atoms with Crippen LogP contribution in [-0.2, 0) is 0 Å². The number of nitrogens with one attached hydrogen (secondary N) is 1. The second-order valence-corrected chi connectivity index (χ2v) is 14.6. The highest BCUT2D eigenvalue weighted by molar-refractivity contribution is 6.76. The van der Waals surface area contributed by atoms with E-state index in [0.29, 0.717) is 10.8 Å². The van der Waals surface area contributed by atoms with Crippen LogP contribution >= 0.6 is 0 Å². The van der Waals surface area contributed by atoms with Crippen LogP contribution in [-0.4, -0.2) is 21.2 Å². The summed E-state index contributed by atoms with van der Waals surface area (Å²) in [7, 11) is -0.975. The van der Waals surface area contributed by atoms with Crippen molar-refractivity contribution in [3.63, 3.8) is 0 Å². The van der Waals surface area contributed by atoms with E-state index >= 15 is 0 Å². The molecular weight excluding hydrogens is 246 g/mol. The number of rotatable bonds is 5. The second kappa shape index (κ2) is 6.30. The van der Waals surface area contributed by atoms with Crippen molar-refractivity contribution >= 4 is 8.07 Å². The summed E-state index contributed by atoms with van der Waals surface area (Å²) >= 11 is 0. The molecule has 1 aliphatic rings. The summed E-state index contributed by atoms with van der Waals surface area (Å²) in [5.41, 5.74) is 1.12. The van der Waals surface area contributed by atoms with Crippen LogP contribution in [0.15, 0.2) is 0 Å². The lowest BCUT2D eigenvalue weighted by molar-refractivity contribution is 0.0982. The maximum absolute atomic E-state index is 3.66. The van der Waals surface area contributed by atoms with Gasteiger partial charge in [0.1, 0.15) is 0 Å². The van der Waals surface area contributed by atoms with Gasteiger partial charge < -0.3 is 5.32 Å². The average Bonchev–Trinajstić information content (AvgIpc) is 2.23. The molecule has 0 radical (unpaired) electrons. The fraction of sp³-hybridized carbons (Fsp3) is 1.00. The molecule has 0 aliphatic heterocycles. The molecule has 114 valence electrons. The largest absolute Gasteiger partial charge is 0.316 e. The molecule has 0 heterocycles. The first-order valence-electron chi connectivity index (χ1n) is 8.29. The van der Waals surface area contributed by atoms with Gasteiger partial charge in [-0.05, 0) is 49.0 Å². The molecule has 0 saturated heterocycles. The fourth-order valence-corrected chi connectivity index (χ4v) is 6.76. The number of hydrogen-bond acceptors (Lipinski definition) is 1. The van der Waals surface area contributed by atoms with Crippen molar-refractivity contribution in [2.24, 2.45) is 16.7 Å². The van der Waals surface area contributed by atoms with Crippen molar-refractivity contribution in [3.8, 4) is 0 Å². The van der Waals surface area contributed by atoms with Gasteiger partial charge in [0.15, 0.2) is 0 Å². The zero-order valence-electron chi connectivity index (χ0n) is 14.5. The van der Waals surface area contributed by atoms with Crippen LogP contribution in [0.2, 0.25) is 25.7 Å². The van der Waals surface area contributed by atoms with Gasteiger partial charge in [0.25, 0.3) is 0 Å². The van der Waals surface area contributed by atoms with Gasteiger partial charge in [-0.15, -0.1) is 0 Å². The third-order valence-electron chi connectivity index (χ3n) is 4.93. The van der Waals surface area contributed by atoms with Crippen molar-refractivity contribution in [1.82, 2.24) is 5.32 Å². The topological polar surface area (TPSA) is 12.0 Å². The lowest BCUT2D eigenvalue weighted by Crippen LogP contribution is -2.44. The smallest absolute Gasteiger partial charge is 0.0448 e. The zero-order valence-corrected chi connectivity index (χ0v) is 15.5. The van der Waals surface area contributed by atoms with Gasteiger partial charge in [-0.3, -0.25) is 0 Å². The molecule has 0 bridgehead atoms. The van der Waals surface area contributed by atoms with E-state index in [1.165, 1.54) is 38.3 Å². The summed E-state index contributed by atoms with van der Waals surface area (Å²) < 4.78 is 0. The molecule has 0 aromatic heterocycles. The lowest BCUT2D eigenvalue weighted by atomic mass is 9.64. The van der Waals surface area contributed by atoms with E-state index in [4.69, 9.17) is 0 Å². The highest BCUT2D eigenvalue weighted by Gasteiger charge is 2.40. The predicted molar refractivity (Wildman–Crippen MR) is 90.5 cm³/mol. The third-order valence-corrected chi connectivity index (χ3v) is 6.74. The maximum Gasteiger partial charge on any atom is 0.0448 e. The average molecular weight is 284 g/mol. The molecule has 1 fully saturated rings. The van der Waals surface area contributed by atoms with Crippen LogP contribution in [0.1, 0.15) is 53.4 Å². The van der Waals surface area contributed by atoms with Gasteiger partial charge >= 0.3 is 0 Å². The Morgan fingerprint density at radius 1 is 1.11 bits per heavy atom. The van der Waals surface area contributed by atoms with E-state index in [1.807, 2.05) is 0 Å². The minimum atomic E-state index is -0.975. The van der Waals surface area contributed by atoms with Gasteiger partial charge in [-0.1, -0.05) is 53.4 Å². The van der Waals surface area contributed by atoms with Crippen LogP contribution in [0.5, 0.6) is 0 Å². The summed E-state index contributed by atoms with van der Waals surface area (Å²) in [6.07, 6.45) is 5.79. The first-order valence-corrected chi connectivity index (χ1v) is 12.0. The molecule has 2 heteroatoms. The van der Waals surface area contributed by atoms with Crippen molar-refractivity contribution in [3.05, 3.63) is 0 Å². The molecule has 1 saturated carbocycles. The maximum atomic E-state index is 3.66. The first kappa shape index (κ1) is 17.2. The van der Waals surface area contributed by atoms with Gasteiger partial charge in [0, 0.05) is 14.6 Å². The Labute approximate surface area is 123 Å². The quantitative estimate of drug-likeness (QED) is 0.687. The Kier molecular flexibility index (Phi) is 5.71. The predicted octanol–water partition coefficient (Wildman–Crippen LogP) is 5.16. The first-order chi connectivity index (χ1) is 8.58. The van der Waals surface area contributed by atoms with Crippen LogP contribution < -0.4 is 5.32 Å². The monoisotopic (exact) mass is 283 g/mol. The second-order valence-electron chi connectivity index (χ2n) is 9.16. The Morgan fingerprint density at radius 3 is 2.00 bits per heavy atom. The fourth-order valence-electron chi connectivity index (χ4n) is 4.03. The summed E-state index contributed by atoms with van der Waals surface area (Å²) in [5.74, 6) is 0.934. The van der Waals surface area contributed by atoms with E-state index in [0.717, 1.165) is 12.5 Å². The zero-order chi connectivity index (χ0) is 14.7. The van der Waals surface area contributed by atoms with Gasteiger partial charge in [-0.25, -0.2) is 0 Å². The summed E-state index contributed by atoms with van der Waals surface area (Å²) in [4.78, 5) is 0. The molecule has 0 atom stereocenters. The Bertz CT molecular complexity index is 264. The van der Waals surface area contributed by atoms with Crippen molar-refractivity contribution in [2.45, 2.75) is 79.1 Å². The van der Waals surface area contributed by atoms with E-state index in [-0.39, 0.29) is 0 Å². The van der Waals surface area contributed by atoms with E-state index in [2.05, 4.69) is 52.7 Å². The van der Waals surface area contributed by atoms with E-state index < -0.39 is 8.07 Å². The van der Waals surface area contributed by atoms with Crippen molar-refractivity contribution < 1.29 is 0 Å². The normalized spacial score (nSPS) is 29.5. The molecule has 19 heavy (non-hydrogen) atoms. The molecule has 1 rings (SSSR count). The van der Waals surface area contributed by atoms with Crippen LogP contribution in [0.25, 0.3) is 0 Å². The van der Waals surface area contributed by atoms with Crippen LogP contribution in [0, 0.1) is 16.7 Å². The Morgan fingerprint density at radius 2 is 1.63 bits per heavy atom. The molecule has 1 aliphatic carbocycles. The minimum absolute atomic E-state index is 0.503. The van der Waals surface area contributed by atoms with E-state index in [9.17, 15) is 0 Å². The Balaban J connectivity index is 2.69.